The molecule has 0 bridgehead atoms. The Labute approximate surface area is 209 Å². The number of anilines is 1. The van der Waals surface area contributed by atoms with E-state index in [2.05, 4.69) is 48.4 Å². The number of aromatic nitrogens is 3. The number of benzene rings is 2. The molecular formula is C27H28N4O3S. The average Bonchev–Trinajstić information content (AvgIpc) is 3.48. The van der Waals surface area contributed by atoms with Crippen molar-refractivity contribution >= 4 is 29.1 Å². The van der Waals surface area contributed by atoms with Gasteiger partial charge >= 0.3 is 0 Å². The number of ketones is 1. The molecule has 2 aromatic carbocycles. The molecule has 0 saturated carbocycles. The molecule has 1 N–H and O–H groups in total. The van der Waals surface area contributed by atoms with Crippen LogP contribution in [0.15, 0.2) is 76.5 Å². The smallest absolute Gasteiger partial charge is 0.234 e. The fourth-order valence-electron chi connectivity index (χ4n) is 3.57. The second-order valence-electron chi connectivity index (χ2n) is 9.27. The topological polar surface area (TPSA) is 90.0 Å². The van der Waals surface area contributed by atoms with Gasteiger partial charge in [-0.15, -0.1) is 10.2 Å². The molecule has 0 radical (unpaired) electrons. The fraction of sp³-hybridized carbons (Fsp3) is 0.259. The third-order valence-electron chi connectivity index (χ3n) is 5.51. The summed E-state index contributed by atoms with van der Waals surface area (Å²) in [4.78, 5) is 24.2. The van der Waals surface area contributed by atoms with Crippen LogP contribution in [0.1, 0.15) is 49.4 Å². The van der Waals surface area contributed by atoms with Gasteiger partial charge in [-0.05, 0) is 42.2 Å². The van der Waals surface area contributed by atoms with Gasteiger partial charge in [0.15, 0.2) is 16.8 Å². The van der Waals surface area contributed by atoms with E-state index >= 15 is 0 Å². The highest BCUT2D eigenvalue weighted by Gasteiger charge is 2.19. The van der Waals surface area contributed by atoms with Crippen LogP contribution < -0.4 is 5.32 Å². The molecule has 0 aliphatic rings. The van der Waals surface area contributed by atoms with E-state index in [1.54, 1.807) is 30.5 Å². The lowest BCUT2D eigenvalue weighted by Gasteiger charge is -2.19. The summed E-state index contributed by atoms with van der Waals surface area (Å²) >= 11 is 1.30. The van der Waals surface area contributed by atoms with Gasteiger partial charge in [0.25, 0.3) is 0 Å². The molecule has 4 aromatic rings. The number of hydrogen-bond acceptors (Lipinski definition) is 6. The van der Waals surface area contributed by atoms with Crippen molar-refractivity contribution < 1.29 is 14.0 Å². The maximum Gasteiger partial charge on any atom is 0.234 e. The van der Waals surface area contributed by atoms with E-state index in [-0.39, 0.29) is 22.9 Å². The number of furan rings is 1. The summed E-state index contributed by atoms with van der Waals surface area (Å²) in [7, 11) is 0. The van der Waals surface area contributed by atoms with Gasteiger partial charge in [0, 0.05) is 16.8 Å². The zero-order valence-corrected chi connectivity index (χ0v) is 21.1. The van der Waals surface area contributed by atoms with Crippen LogP contribution in [0.4, 0.5) is 5.69 Å². The van der Waals surface area contributed by atoms with Crippen molar-refractivity contribution in [3.8, 4) is 11.4 Å². The summed E-state index contributed by atoms with van der Waals surface area (Å²) in [5, 5.41) is 12.3. The number of Topliss-reactive ketones (excluding diaryl/α,β-unsaturated/α-hetero) is 1. The number of carbonyl (C=O) groups is 2. The maximum absolute atomic E-state index is 12.6. The lowest BCUT2D eigenvalue weighted by molar-refractivity contribution is -0.113. The standard InChI is InChI=1S/C27H28N4O3S/c1-18(32)20-7-5-8-22(15-20)28-24(33)17-35-26-30-29-25(31(26)16-23-9-6-14-34-23)19-10-12-21(13-11-19)27(2,3)4/h5-15H,16-17H2,1-4H3,(H,28,33). The van der Waals surface area contributed by atoms with Gasteiger partial charge in [-0.2, -0.15) is 0 Å². The number of nitrogens with zero attached hydrogens (tertiary/aromatic N) is 3. The molecule has 2 heterocycles. The van der Waals surface area contributed by atoms with E-state index in [0.717, 1.165) is 11.3 Å². The van der Waals surface area contributed by atoms with Gasteiger partial charge in [0.05, 0.1) is 18.6 Å². The Bertz CT molecular complexity index is 1320. The van der Waals surface area contributed by atoms with E-state index in [0.29, 0.717) is 28.8 Å². The molecule has 0 unspecified atom stereocenters. The van der Waals surface area contributed by atoms with Gasteiger partial charge in [-0.3, -0.25) is 14.2 Å². The monoisotopic (exact) mass is 488 g/mol. The normalized spacial score (nSPS) is 11.4. The minimum absolute atomic E-state index is 0.0513. The molecule has 8 heteroatoms. The first kappa shape index (κ1) is 24.5. The lowest BCUT2D eigenvalue weighted by atomic mass is 9.87. The molecule has 2 aromatic heterocycles. The predicted octanol–water partition coefficient (Wildman–Crippen LogP) is 5.82. The third-order valence-corrected chi connectivity index (χ3v) is 6.47. The molecule has 7 nitrogen and oxygen atoms in total. The second kappa shape index (κ2) is 10.3. The Morgan fingerprint density at radius 1 is 1.03 bits per heavy atom. The fourth-order valence-corrected chi connectivity index (χ4v) is 4.31. The van der Waals surface area contributed by atoms with Gasteiger partial charge in [-0.25, -0.2) is 0 Å². The number of amides is 1. The molecule has 0 saturated heterocycles. The summed E-state index contributed by atoms with van der Waals surface area (Å²) in [5.41, 5.74) is 3.36. The Morgan fingerprint density at radius 2 is 1.80 bits per heavy atom. The molecule has 0 fully saturated rings. The van der Waals surface area contributed by atoms with Crippen LogP contribution >= 0.6 is 11.8 Å². The van der Waals surface area contributed by atoms with E-state index < -0.39 is 0 Å². The SMILES string of the molecule is CC(=O)c1cccc(NC(=O)CSc2nnc(-c3ccc(C(C)(C)C)cc3)n2Cc2ccco2)c1. The molecule has 35 heavy (non-hydrogen) atoms. The van der Waals surface area contributed by atoms with Crippen molar-refractivity contribution in [2.75, 3.05) is 11.1 Å². The molecule has 180 valence electrons. The Kier molecular flexibility index (Phi) is 7.21. The van der Waals surface area contributed by atoms with Crippen LogP contribution in [-0.2, 0) is 16.8 Å². The van der Waals surface area contributed by atoms with Crippen molar-refractivity contribution in [3.05, 3.63) is 83.8 Å². The highest BCUT2D eigenvalue weighted by atomic mass is 32.2. The Hall–Kier alpha value is -3.65. The first-order valence-electron chi connectivity index (χ1n) is 11.3. The quantitative estimate of drug-likeness (QED) is 0.248. The van der Waals surface area contributed by atoms with E-state index in [1.165, 1.54) is 24.2 Å². The van der Waals surface area contributed by atoms with Crippen molar-refractivity contribution in [2.24, 2.45) is 0 Å². The zero-order valence-electron chi connectivity index (χ0n) is 20.2. The summed E-state index contributed by atoms with van der Waals surface area (Å²) in [6.45, 7) is 8.48. The lowest BCUT2D eigenvalue weighted by Crippen LogP contribution is -2.15. The van der Waals surface area contributed by atoms with Crippen LogP contribution in [0.25, 0.3) is 11.4 Å². The van der Waals surface area contributed by atoms with Crippen molar-refractivity contribution in [3.63, 3.8) is 0 Å². The first-order valence-corrected chi connectivity index (χ1v) is 12.3. The van der Waals surface area contributed by atoms with E-state index in [9.17, 15) is 9.59 Å². The van der Waals surface area contributed by atoms with Gasteiger partial charge in [-0.1, -0.05) is 68.9 Å². The predicted molar refractivity (Wildman–Crippen MR) is 138 cm³/mol. The number of thioether (sulfide) groups is 1. The molecular weight excluding hydrogens is 460 g/mol. The van der Waals surface area contributed by atoms with Crippen LogP contribution in [-0.4, -0.2) is 32.2 Å². The molecule has 0 aliphatic heterocycles. The van der Waals surface area contributed by atoms with Crippen LogP contribution in [0.5, 0.6) is 0 Å². The highest BCUT2D eigenvalue weighted by Crippen LogP contribution is 2.28. The maximum atomic E-state index is 12.6. The number of rotatable bonds is 8. The summed E-state index contributed by atoms with van der Waals surface area (Å²) in [6, 6.07) is 18.9. The summed E-state index contributed by atoms with van der Waals surface area (Å²) in [5.74, 6) is 1.37. The largest absolute Gasteiger partial charge is 0.467 e. The molecule has 1 amide bonds. The second-order valence-corrected chi connectivity index (χ2v) is 10.2. The average molecular weight is 489 g/mol. The molecule has 4 rings (SSSR count). The van der Waals surface area contributed by atoms with Gasteiger partial charge < -0.3 is 9.73 Å². The van der Waals surface area contributed by atoms with Crippen LogP contribution in [0, 0.1) is 0 Å². The Balaban J connectivity index is 1.53. The summed E-state index contributed by atoms with van der Waals surface area (Å²) < 4.78 is 7.52. The third kappa shape index (κ3) is 6.08. The first-order chi connectivity index (χ1) is 16.7. The van der Waals surface area contributed by atoms with Crippen molar-refractivity contribution in [1.82, 2.24) is 14.8 Å². The van der Waals surface area contributed by atoms with Crippen LogP contribution in [0.3, 0.4) is 0 Å². The number of hydrogen-bond donors (Lipinski definition) is 1. The highest BCUT2D eigenvalue weighted by molar-refractivity contribution is 7.99. The number of nitrogens with one attached hydrogen (secondary N) is 1. The van der Waals surface area contributed by atoms with E-state index in [1.807, 2.05) is 28.8 Å². The minimum atomic E-state index is -0.195. The van der Waals surface area contributed by atoms with Gasteiger partial charge in [0.2, 0.25) is 5.91 Å². The molecule has 0 atom stereocenters. The Morgan fingerprint density at radius 3 is 2.46 bits per heavy atom. The molecule has 0 aliphatic carbocycles. The number of carbonyl (C=O) groups excluding carboxylic acids is 2. The zero-order chi connectivity index (χ0) is 25.0. The summed E-state index contributed by atoms with van der Waals surface area (Å²) in [6.07, 6.45) is 1.63. The van der Waals surface area contributed by atoms with E-state index in [4.69, 9.17) is 4.42 Å². The molecule has 0 spiro atoms. The van der Waals surface area contributed by atoms with Crippen LogP contribution in [0.2, 0.25) is 0 Å². The van der Waals surface area contributed by atoms with Gasteiger partial charge in [0.1, 0.15) is 5.76 Å². The van der Waals surface area contributed by atoms with Crippen molar-refractivity contribution in [2.45, 2.75) is 44.8 Å². The minimum Gasteiger partial charge on any atom is -0.467 e. The van der Waals surface area contributed by atoms with Crippen molar-refractivity contribution in [1.29, 1.82) is 0 Å².